The minimum atomic E-state index is -0.232. The number of furan rings is 1. The van der Waals surface area contributed by atoms with E-state index in [4.69, 9.17) is 19.4 Å². The normalized spacial score (nSPS) is 12.1. The lowest BCUT2D eigenvalue weighted by molar-refractivity contribution is 0.505. The highest BCUT2D eigenvalue weighted by Crippen LogP contribution is 2.42. The lowest BCUT2D eigenvalue weighted by Gasteiger charge is -2.30. The van der Waals surface area contributed by atoms with E-state index >= 15 is 0 Å². The van der Waals surface area contributed by atoms with Crippen molar-refractivity contribution in [1.82, 2.24) is 15.0 Å². The summed E-state index contributed by atoms with van der Waals surface area (Å²) < 4.78 is 6.74. The Balaban J connectivity index is 0.957. The van der Waals surface area contributed by atoms with Crippen LogP contribution in [0.1, 0.15) is 80.5 Å². The molecular formula is C64H56N4O. The summed E-state index contributed by atoms with van der Waals surface area (Å²) in [6.45, 7) is 14.0. The van der Waals surface area contributed by atoms with Gasteiger partial charge >= 0.3 is 0 Å². The fraction of sp³-hybridized carbons (Fsp3) is 0.188. The van der Waals surface area contributed by atoms with Crippen LogP contribution in [0.4, 0.5) is 0 Å². The molecule has 0 aliphatic rings. The van der Waals surface area contributed by atoms with Crippen LogP contribution in [0.3, 0.4) is 0 Å². The summed E-state index contributed by atoms with van der Waals surface area (Å²) in [6, 6.07) is 63.7. The molecule has 0 radical (unpaired) electrons. The summed E-state index contributed by atoms with van der Waals surface area (Å²) in [4.78, 5) is 15.0. The number of rotatable bonds is 13. The van der Waals surface area contributed by atoms with Gasteiger partial charge in [-0.15, -0.1) is 0 Å². The maximum Gasteiger partial charge on any atom is 0.144 e. The third-order valence-corrected chi connectivity index (χ3v) is 14.0. The van der Waals surface area contributed by atoms with Crippen LogP contribution in [0.25, 0.3) is 66.8 Å². The van der Waals surface area contributed by atoms with Gasteiger partial charge in [0.15, 0.2) is 0 Å². The van der Waals surface area contributed by atoms with E-state index in [9.17, 15) is 5.26 Å². The number of nitrogens with zero attached hydrogens (tertiary/aromatic N) is 4. The van der Waals surface area contributed by atoms with E-state index in [0.29, 0.717) is 11.1 Å². The number of hydrogen-bond donors (Lipinski definition) is 0. The molecule has 0 aliphatic carbocycles. The van der Waals surface area contributed by atoms with E-state index in [1.54, 1.807) is 0 Å². The van der Waals surface area contributed by atoms with Gasteiger partial charge in [-0.1, -0.05) is 181 Å². The van der Waals surface area contributed by atoms with E-state index < -0.39 is 0 Å². The molecule has 4 heterocycles. The molecule has 5 nitrogen and oxygen atoms in total. The van der Waals surface area contributed by atoms with Crippen molar-refractivity contribution in [2.24, 2.45) is 0 Å². The molecule has 0 saturated heterocycles. The number of aromatic nitrogens is 3. The molecule has 10 rings (SSSR count). The van der Waals surface area contributed by atoms with Crippen LogP contribution in [0.15, 0.2) is 199 Å². The van der Waals surface area contributed by atoms with E-state index in [1.807, 2.05) is 60.8 Å². The molecule has 10 aromatic rings. The Kier molecular flexibility index (Phi) is 11.9. The smallest absolute Gasteiger partial charge is 0.144 e. The van der Waals surface area contributed by atoms with Crippen LogP contribution in [0.5, 0.6) is 0 Å². The topological polar surface area (TPSA) is 75.6 Å². The van der Waals surface area contributed by atoms with Crippen LogP contribution >= 0.6 is 0 Å². The minimum absolute atomic E-state index is 0.163. The Bertz CT molecular complexity index is 3340. The van der Waals surface area contributed by atoms with Gasteiger partial charge in [-0.3, -0.25) is 15.0 Å². The van der Waals surface area contributed by atoms with Gasteiger partial charge in [-0.05, 0) is 111 Å². The van der Waals surface area contributed by atoms with E-state index in [1.165, 1.54) is 27.8 Å². The second-order valence-corrected chi connectivity index (χ2v) is 20.5. The molecule has 6 aromatic carbocycles. The third kappa shape index (κ3) is 9.24. The van der Waals surface area contributed by atoms with E-state index in [0.717, 1.165) is 86.1 Å². The quantitative estimate of drug-likeness (QED) is 0.115. The monoisotopic (exact) mass is 896 g/mol. The molecule has 4 aromatic heterocycles. The number of hydrogen-bond acceptors (Lipinski definition) is 5. The Labute approximate surface area is 406 Å². The van der Waals surface area contributed by atoms with Gasteiger partial charge in [-0.2, -0.15) is 5.26 Å². The summed E-state index contributed by atoms with van der Waals surface area (Å²) in [6.07, 6.45) is 8.71. The van der Waals surface area contributed by atoms with Gasteiger partial charge < -0.3 is 4.42 Å². The zero-order valence-electron chi connectivity index (χ0n) is 40.3. The summed E-state index contributed by atoms with van der Waals surface area (Å²) >= 11 is 0. The maximum atomic E-state index is 10.1. The molecule has 0 atom stereocenters. The van der Waals surface area contributed by atoms with Crippen molar-refractivity contribution in [1.29, 1.82) is 5.26 Å². The highest BCUT2D eigenvalue weighted by Gasteiger charge is 2.28. The average Bonchev–Trinajstić information content (AvgIpc) is 3.75. The first-order valence-corrected chi connectivity index (χ1v) is 23.9. The number of pyridine rings is 3. The molecule has 338 valence electrons. The predicted molar refractivity (Wildman–Crippen MR) is 283 cm³/mol. The third-order valence-electron chi connectivity index (χ3n) is 14.0. The van der Waals surface area contributed by atoms with Gasteiger partial charge in [0.2, 0.25) is 0 Å². The van der Waals surface area contributed by atoms with Crippen LogP contribution in [-0.4, -0.2) is 15.0 Å². The van der Waals surface area contributed by atoms with Gasteiger partial charge in [0.25, 0.3) is 0 Å². The van der Waals surface area contributed by atoms with Crippen molar-refractivity contribution in [3.63, 3.8) is 0 Å². The molecule has 0 spiro atoms. The molecule has 0 saturated carbocycles. The van der Waals surface area contributed by atoms with Crippen molar-refractivity contribution >= 4 is 21.9 Å². The van der Waals surface area contributed by atoms with Crippen molar-refractivity contribution in [2.75, 3.05) is 0 Å². The van der Waals surface area contributed by atoms with Crippen LogP contribution in [0, 0.1) is 11.3 Å². The standard InChI is InChI=1S/C64H56N4O/c1-62(2,50-26-30-56(66-40-50)46-17-10-7-11-18-46)36-43-33-44(37-63(3,4)51-27-31-57(67-41-51)47-19-12-8-13-20-47)35-45(34-43)38-64(5,6)52-28-32-58(68-42-52)55-24-16-23-53-54-29-25-49(39-65)59(61(54)69-60(53)55)48-21-14-9-15-22-48/h7-35,40-42H,36-38H2,1-6H3. The lowest BCUT2D eigenvalue weighted by Crippen LogP contribution is -2.24. The summed E-state index contributed by atoms with van der Waals surface area (Å²) in [5.41, 5.74) is 16.8. The zero-order chi connectivity index (χ0) is 47.8. The SMILES string of the molecule is CC(C)(Cc1cc(CC(C)(C)c2ccc(-c3ccccc3)nc2)cc(CC(C)(C)c2ccc(-c3cccc4c3oc3c(-c5ccccc5)c(C#N)ccc34)nc2)c1)c1ccc(-c2ccccc2)nc1. The first kappa shape index (κ1) is 44.9. The molecule has 69 heavy (non-hydrogen) atoms. The van der Waals surface area contributed by atoms with Gasteiger partial charge in [0.1, 0.15) is 11.2 Å². The fourth-order valence-electron chi connectivity index (χ4n) is 10.1. The predicted octanol–water partition coefficient (Wildman–Crippen LogP) is 15.9. The highest BCUT2D eigenvalue weighted by atomic mass is 16.3. The Hall–Kier alpha value is -7.94. The number of fused-ring (bicyclic) bond motifs is 3. The van der Waals surface area contributed by atoms with Crippen LogP contribution in [-0.2, 0) is 35.5 Å². The second-order valence-electron chi connectivity index (χ2n) is 20.5. The molecule has 0 bridgehead atoms. The van der Waals surface area contributed by atoms with Gasteiger partial charge in [-0.25, -0.2) is 0 Å². The van der Waals surface area contributed by atoms with Crippen molar-refractivity contribution in [2.45, 2.75) is 77.0 Å². The van der Waals surface area contributed by atoms with E-state index in [2.05, 4.69) is 181 Å². The lowest BCUT2D eigenvalue weighted by atomic mass is 9.75. The molecule has 0 unspecified atom stereocenters. The summed E-state index contributed by atoms with van der Waals surface area (Å²) in [5, 5.41) is 12.1. The molecule has 5 heteroatoms. The van der Waals surface area contributed by atoms with Gasteiger partial charge in [0, 0.05) is 51.6 Å². The summed E-state index contributed by atoms with van der Waals surface area (Å²) in [7, 11) is 0. The zero-order valence-corrected chi connectivity index (χ0v) is 40.3. The molecule has 0 aliphatic heterocycles. The Morgan fingerprint density at radius 3 is 1.26 bits per heavy atom. The van der Waals surface area contributed by atoms with Crippen molar-refractivity contribution in [3.05, 3.63) is 233 Å². The van der Waals surface area contributed by atoms with Gasteiger partial charge in [0.05, 0.1) is 28.7 Å². The van der Waals surface area contributed by atoms with Crippen molar-refractivity contribution in [3.8, 4) is 51.0 Å². The average molecular weight is 897 g/mol. The number of benzene rings is 6. The Morgan fingerprint density at radius 2 is 0.841 bits per heavy atom. The van der Waals surface area contributed by atoms with Crippen molar-refractivity contribution < 1.29 is 4.42 Å². The Morgan fingerprint density at radius 1 is 0.420 bits per heavy atom. The second kappa shape index (κ2) is 18.3. The minimum Gasteiger partial charge on any atom is -0.455 e. The van der Waals surface area contributed by atoms with E-state index in [-0.39, 0.29) is 16.2 Å². The number of para-hydroxylation sites is 1. The number of nitriles is 1. The summed E-state index contributed by atoms with van der Waals surface area (Å²) in [5.74, 6) is 0. The maximum absolute atomic E-state index is 10.1. The highest BCUT2D eigenvalue weighted by molar-refractivity contribution is 6.13. The van der Waals surface area contributed by atoms with Crippen LogP contribution < -0.4 is 0 Å². The molecule has 0 amide bonds. The fourth-order valence-corrected chi connectivity index (χ4v) is 10.1. The first-order valence-electron chi connectivity index (χ1n) is 23.9. The molecule has 0 N–H and O–H groups in total. The first-order chi connectivity index (χ1) is 33.3. The molecule has 0 fully saturated rings. The largest absolute Gasteiger partial charge is 0.455 e. The van der Waals surface area contributed by atoms with Crippen LogP contribution in [0.2, 0.25) is 0 Å². The molecular weight excluding hydrogens is 841 g/mol.